The molecule has 0 aliphatic carbocycles. The fourth-order valence-corrected chi connectivity index (χ4v) is 4.07. The van der Waals surface area contributed by atoms with Gasteiger partial charge in [-0.3, -0.25) is 9.59 Å². The van der Waals surface area contributed by atoms with Gasteiger partial charge < -0.3 is 19.9 Å². The molecule has 32 heavy (non-hydrogen) atoms. The number of benzene rings is 1. The van der Waals surface area contributed by atoms with Crippen LogP contribution in [-0.2, 0) is 20.9 Å². The maximum atomic E-state index is 12.7. The molecule has 0 bridgehead atoms. The first-order chi connectivity index (χ1) is 15.7. The van der Waals surface area contributed by atoms with E-state index >= 15 is 0 Å². The number of piperidine rings is 1. The van der Waals surface area contributed by atoms with Crippen molar-refractivity contribution in [3.63, 3.8) is 0 Å². The van der Waals surface area contributed by atoms with Gasteiger partial charge in [-0.15, -0.1) is 0 Å². The Morgan fingerprint density at radius 2 is 1.81 bits per heavy atom. The van der Waals surface area contributed by atoms with Crippen molar-refractivity contribution in [2.45, 2.75) is 19.4 Å². The lowest BCUT2D eigenvalue weighted by Gasteiger charge is -2.30. The van der Waals surface area contributed by atoms with Gasteiger partial charge in [0.25, 0.3) is 0 Å². The average Bonchev–Trinajstić information content (AvgIpc) is 2.87. The molecule has 1 aromatic carbocycles. The van der Waals surface area contributed by atoms with E-state index in [1.165, 1.54) is 0 Å². The molecule has 0 radical (unpaired) electrons. The quantitative estimate of drug-likeness (QED) is 0.707. The summed E-state index contributed by atoms with van der Waals surface area (Å²) in [6.45, 7) is 4.79. The highest BCUT2D eigenvalue weighted by molar-refractivity contribution is 5.92. The molecule has 2 saturated heterocycles. The third-order valence-electron chi connectivity index (χ3n) is 6.01. The minimum Gasteiger partial charge on any atom is -0.378 e. The number of hydrogen-bond donors (Lipinski definition) is 1. The van der Waals surface area contributed by atoms with E-state index in [9.17, 15) is 9.59 Å². The summed E-state index contributed by atoms with van der Waals surface area (Å²) in [4.78, 5) is 33.6. The summed E-state index contributed by atoms with van der Waals surface area (Å²) in [5, 5.41) is 3.06. The molecule has 0 unspecified atom stereocenters. The second-order valence-electron chi connectivity index (χ2n) is 8.18. The second-order valence-corrected chi connectivity index (χ2v) is 8.18. The number of pyridine rings is 1. The number of anilines is 1. The molecule has 0 spiro atoms. The summed E-state index contributed by atoms with van der Waals surface area (Å²) in [5.74, 6) is 0.926. The zero-order valence-corrected chi connectivity index (χ0v) is 18.3. The lowest BCUT2D eigenvalue weighted by molar-refractivity contribution is -0.132. The lowest BCUT2D eigenvalue weighted by Crippen LogP contribution is -2.42. The van der Waals surface area contributed by atoms with Crippen molar-refractivity contribution in [2.75, 3.05) is 44.3 Å². The van der Waals surface area contributed by atoms with E-state index in [-0.39, 0.29) is 17.7 Å². The predicted molar refractivity (Wildman–Crippen MR) is 124 cm³/mol. The van der Waals surface area contributed by atoms with E-state index in [4.69, 9.17) is 4.74 Å². The van der Waals surface area contributed by atoms with Gasteiger partial charge in [0.1, 0.15) is 5.82 Å². The van der Waals surface area contributed by atoms with Crippen LogP contribution in [0.4, 0.5) is 5.82 Å². The number of carbonyl (C=O) groups is 2. The van der Waals surface area contributed by atoms with Crippen molar-refractivity contribution < 1.29 is 14.3 Å². The molecule has 7 nitrogen and oxygen atoms in total. The third kappa shape index (κ3) is 5.95. The number of ether oxygens (including phenoxy) is 1. The van der Waals surface area contributed by atoms with Crippen molar-refractivity contribution in [1.29, 1.82) is 0 Å². The number of carbonyl (C=O) groups excluding carboxylic acids is 2. The molecule has 2 fully saturated rings. The summed E-state index contributed by atoms with van der Waals surface area (Å²) in [5.41, 5.74) is 2.04. The van der Waals surface area contributed by atoms with Crippen molar-refractivity contribution in [3.8, 4) is 0 Å². The monoisotopic (exact) mass is 434 g/mol. The van der Waals surface area contributed by atoms with Gasteiger partial charge in [-0.25, -0.2) is 4.98 Å². The minimum absolute atomic E-state index is 0.000129. The first kappa shape index (κ1) is 22.0. The van der Waals surface area contributed by atoms with Crippen LogP contribution in [0.5, 0.6) is 0 Å². The summed E-state index contributed by atoms with van der Waals surface area (Å²) >= 11 is 0. The Bertz CT molecular complexity index is 933. The van der Waals surface area contributed by atoms with Gasteiger partial charge in [0, 0.05) is 50.9 Å². The topological polar surface area (TPSA) is 74.8 Å². The van der Waals surface area contributed by atoms with Crippen LogP contribution in [0.3, 0.4) is 0 Å². The highest BCUT2D eigenvalue weighted by Gasteiger charge is 2.26. The molecule has 7 heteroatoms. The number of morpholine rings is 1. The fraction of sp³-hybridized carbons (Fsp3) is 0.400. The predicted octanol–water partition coefficient (Wildman–Crippen LogP) is 2.49. The summed E-state index contributed by atoms with van der Waals surface area (Å²) in [6, 6.07) is 13.7. The van der Waals surface area contributed by atoms with Crippen LogP contribution in [0.15, 0.2) is 54.7 Å². The first-order valence-electron chi connectivity index (χ1n) is 11.3. The van der Waals surface area contributed by atoms with E-state index in [1.807, 2.05) is 53.4 Å². The van der Waals surface area contributed by atoms with Gasteiger partial charge in [-0.05, 0) is 42.2 Å². The molecule has 2 amide bonds. The molecule has 168 valence electrons. The standard InChI is InChI=1S/C25H30N4O3/c30-24(7-6-20-4-2-1-3-5-20)29-12-9-22(10-13-29)25(31)27-19-21-8-11-26-23(18-21)28-14-16-32-17-15-28/h1-8,11,18,22H,9-10,12-17,19H2,(H,27,31). The Morgan fingerprint density at radius 1 is 1.06 bits per heavy atom. The zero-order chi connectivity index (χ0) is 22.2. The third-order valence-corrected chi connectivity index (χ3v) is 6.01. The summed E-state index contributed by atoms with van der Waals surface area (Å²) in [6.07, 6.45) is 6.61. The smallest absolute Gasteiger partial charge is 0.246 e. The number of rotatable bonds is 6. The molecule has 0 atom stereocenters. The maximum absolute atomic E-state index is 12.7. The van der Waals surface area contributed by atoms with E-state index < -0.39 is 0 Å². The SMILES string of the molecule is O=C(NCc1ccnc(N2CCOCC2)c1)C1CCN(C(=O)C=Cc2ccccc2)CC1. The van der Waals surface area contributed by atoms with E-state index in [0.29, 0.717) is 45.7 Å². The van der Waals surface area contributed by atoms with Crippen LogP contribution >= 0.6 is 0 Å². The lowest BCUT2D eigenvalue weighted by atomic mass is 9.95. The van der Waals surface area contributed by atoms with Crippen LogP contribution in [0.25, 0.3) is 6.08 Å². The van der Waals surface area contributed by atoms with E-state index in [1.54, 1.807) is 12.3 Å². The number of hydrogen-bond acceptors (Lipinski definition) is 5. The first-order valence-corrected chi connectivity index (χ1v) is 11.3. The van der Waals surface area contributed by atoms with Crippen molar-refractivity contribution in [1.82, 2.24) is 15.2 Å². The minimum atomic E-state index is -0.0577. The molecule has 3 heterocycles. The molecule has 2 aromatic rings. The van der Waals surface area contributed by atoms with Gasteiger partial charge in [0.05, 0.1) is 13.2 Å². The van der Waals surface area contributed by atoms with Crippen LogP contribution in [0, 0.1) is 5.92 Å². The van der Waals surface area contributed by atoms with Crippen LogP contribution < -0.4 is 10.2 Å². The van der Waals surface area contributed by atoms with Crippen molar-refractivity contribution >= 4 is 23.7 Å². The number of nitrogens with zero attached hydrogens (tertiary/aromatic N) is 3. The van der Waals surface area contributed by atoms with Crippen LogP contribution in [0.2, 0.25) is 0 Å². The van der Waals surface area contributed by atoms with Crippen LogP contribution in [0.1, 0.15) is 24.0 Å². The largest absolute Gasteiger partial charge is 0.378 e. The number of nitrogens with one attached hydrogen (secondary N) is 1. The van der Waals surface area contributed by atoms with Crippen molar-refractivity contribution in [3.05, 3.63) is 65.9 Å². The average molecular weight is 435 g/mol. The highest BCUT2D eigenvalue weighted by Crippen LogP contribution is 2.19. The Labute approximate surface area is 189 Å². The molecular weight excluding hydrogens is 404 g/mol. The van der Waals surface area contributed by atoms with E-state index in [0.717, 1.165) is 30.0 Å². The van der Waals surface area contributed by atoms with Gasteiger partial charge in [0.2, 0.25) is 11.8 Å². The Balaban J connectivity index is 1.22. The molecule has 1 N–H and O–H groups in total. The summed E-state index contributed by atoms with van der Waals surface area (Å²) in [7, 11) is 0. The molecule has 2 aliphatic rings. The maximum Gasteiger partial charge on any atom is 0.246 e. The summed E-state index contributed by atoms with van der Waals surface area (Å²) < 4.78 is 5.40. The van der Waals surface area contributed by atoms with Gasteiger partial charge in [-0.2, -0.15) is 0 Å². The number of amides is 2. The Hall–Kier alpha value is -3.19. The second kappa shape index (κ2) is 10.9. The van der Waals surface area contributed by atoms with Gasteiger partial charge >= 0.3 is 0 Å². The van der Waals surface area contributed by atoms with Gasteiger partial charge in [-0.1, -0.05) is 30.3 Å². The molecule has 1 aromatic heterocycles. The fourth-order valence-electron chi connectivity index (χ4n) is 4.07. The Kier molecular flexibility index (Phi) is 7.51. The van der Waals surface area contributed by atoms with Gasteiger partial charge in [0.15, 0.2) is 0 Å². The molecular formula is C25H30N4O3. The normalized spacial score (nSPS) is 17.5. The molecule has 0 saturated carbocycles. The Morgan fingerprint density at radius 3 is 2.56 bits per heavy atom. The number of aromatic nitrogens is 1. The highest BCUT2D eigenvalue weighted by atomic mass is 16.5. The number of likely N-dealkylation sites (tertiary alicyclic amines) is 1. The van der Waals surface area contributed by atoms with E-state index in [2.05, 4.69) is 15.2 Å². The zero-order valence-electron chi connectivity index (χ0n) is 18.3. The van der Waals surface area contributed by atoms with Crippen LogP contribution in [-0.4, -0.2) is 61.1 Å². The molecule has 2 aliphatic heterocycles. The molecule has 4 rings (SSSR count). The van der Waals surface area contributed by atoms with Crippen molar-refractivity contribution in [2.24, 2.45) is 5.92 Å².